The van der Waals surface area contributed by atoms with E-state index in [0.717, 1.165) is 74.0 Å². The van der Waals surface area contributed by atoms with Gasteiger partial charge in [0.2, 0.25) is 9.84 Å². The van der Waals surface area contributed by atoms with Crippen LogP contribution in [0.1, 0.15) is 197 Å². The van der Waals surface area contributed by atoms with Crippen molar-refractivity contribution in [2.45, 2.75) is 216 Å². The Balaban J connectivity index is 0.000000102. The smallest absolute Gasteiger partial charge is 0.251 e. The van der Waals surface area contributed by atoms with Gasteiger partial charge in [-0.25, -0.2) is 8.42 Å². The minimum absolute atomic E-state index is 0.00468. The summed E-state index contributed by atoms with van der Waals surface area (Å²) in [5.41, 5.74) is 50.1. The average Bonchev–Trinajstić information content (AvgIpc) is 0.697. The molecular formula is C127H123B5O7SSi. The molecule has 14 heteroatoms. The van der Waals surface area contributed by atoms with Gasteiger partial charge < -0.3 is 23.7 Å². The molecule has 10 heterocycles. The average molecular weight is 1880 g/mol. The van der Waals surface area contributed by atoms with Crippen LogP contribution in [0, 0.1) is 90.0 Å². The van der Waals surface area contributed by atoms with E-state index >= 15 is 0 Å². The van der Waals surface area contributed by atoms with Crippen LogP contribution in [0.5, 0.6) is 57.5 Å². The molecule has 26 rings (SSSR count). The fourth-order valence-electron chi connectivity index (χ4n) is 26.6. The summed E-state index contributed by atoms with van der Waals surface area (Å²) in [4.78, 5) is 0.647. The lowest BCUT2D eigenvalue weighted by Crippen LogP contribution is -2.63. The summed E-state index contributed by atoms with van der Waals surface area (Å²) in [5, 5.41) is 1.54. The molecule has 0 bridgehead atoms. The lowest BCUT2D eigenvalue weighted by Gasteiger charge is -2.43. The Hall–Kier alpha value is -13.0. The molecule has 7 nitrogen and oxygen atoms in total. The highest BCUT2D eigenvalue weighted by Gasteiger charge is 2.53. The van der Waals surface area contributed by atoms with Crippen molar-refractivity contribution < 1.29 is 32.1 Å². The molecule has 0 saturated carbocycles. The van der Waals surface area contributed by atoms with E-state index in [-0.39, 0.29) is 60.6 Å². The summed E-state index contributed by atoms with van der Waals surface area (Å²) < 4.78 is 58.9. The molecule has 10 aliphatic heterocycles. The highest BCUT2D eigenvalue weighted by atomic mass is 32.2. The largest absolute Gasteiger partial charge is 0.458 e. The van der Waals surface area contributed by atoms with Crippen LogP contribution in [0.2, 0.25) is 19.6 Å². The molecule has 141 heavy (non-hydrogen) atoms. The fraction of sp³-hybridized carbons (Fsp3) is 0.244. The second kappa shape index (κ2) is 33.1. The number of aryl methyl sites for hydroxylation is 13. The van der Waals surface area contributed by atoms with Crippen LogP contribution in [0.4, 0.5) is 0 Å². The van der Waals surface area contributed by atoms with E-state index in [1.807, 2.05) is 24.3 Å². The van der Waals surface area contributed by atoms with Crippen molar-refractivity contribution >= 4 is 139 Å². The Morgan fingerprint density at radius 2 is 0.447 bits per heavy atom. The predicted octanol–water partition coefficient (Wildman–Crippen LogP) is 20.1. The number of benzene rings is 16. The minimum Gasteiger partial charge on any atom is -0.458 e. The molecule has 698 valence electrons. The number of rotatable bonds is 3. The standard InChI is InChI=1S/C29H25BO3S.C26H29BOSi.3C24H23BO/c1-18-10-14-25-24(16-18)30-23-13-12-21(34(31,32)20-8-6-5-7-9-20)17-22(23)29(3,4)27-19(2)11-15-26(33-25)28(27)30;1-16-8-12-22-21(14-16)27-20-11-10-18(29(5,6)7)15-19(20)26(3,4)24-17(2)9-13-23(28-22)25(24)27;2*1-14-6-9-18-17(12-14)24(4,5)22-16(3)8-11-21-23(22)25(18)19-13-15(2)7-10-20(19)26-21;1-14-6-9-17-18(12-14)25-19-13-15(2)7-10-20(19)26-21-11-8-16(3)22(23(21)25)24(17,4)5/h5-17H,1-4H3;8-15H,1-7H3;3*6-13H,1-5H3. The summed E-state index contributed by atoms with van der Waals surface area (Å²) in [6, 6.07) is 96.9. The molecule has 0 atom stereocenters. The summed E-state index contributed by atoms with van der Waals surface area (Å²) in [6.45, 7) is 60.1. The van der Waals surface area contributed by atoms with E-state index in [2.05, 4.69) is 397 Å². The molecule has 0 amide bonds. The van der Waals surface area contributed by atoms with Crippen LogP contribution >= 0.6 is 0 Å². The van der Waals surface area contributed by atoms with Crippen LogP contribution in [0.25, 0.3) is 0 Å². The predicted molar refractivity (Wildman–Crippen MR) is 597 cm³/mol. The Morgan fingerprint density at radius 3 is 0.752 bits per heavy atom. The van der Waals surface area contributed by atoms with E-state index in [1.165, 1.54) is 199 Å². The summed E-state index contributed by atoms with van der Waals surface area (Å²) >= 11 is 0. The van der Waals surface area contributed by atoms with Gasteiger partial charge in [-0.1, -0.05) is 354 Å². The molecule has 0 radical (unpaired) electrons. The maximum atomic E-state index is 13.5. The SMILES string of the molecule is Cc1ccc2c(c1)B1c3cc(C)ccc3C(C)(C)c3c(C)ccc(c31)O2.Cc1ccc2c(c1)B1c3ccc(C)cc3C(C)(C)c3c(C)ccc(c31)O2.Cc1ccc2c(c1)B1c3ccc(C)cc3C(C)(C)c3c(C)ccc(c31)O2.Cc1ccc2c(c1)B1c3ccc(S(=O)(=O)c4ccccc4)cc3C(C)(C)c3c(C)ccc(c31)O2.Cc1ccc2c(c1)B1c3ccc([Si](C)(C)C)cc3C(C)(C)c3c(C)ccc(c31)O2. The van der Waals surface area contributed by atoms with Gasteiger partial charge in [-0.15, -0.1) is 0 Å². The van der Waals surface area contributed by atoms with Crippen molar-refractivity contribution in [3.05, 3.63) is 401 Å². The van der Waals surface area contributed by atoms with Crippen LogP contribution in [-0.4, -0.2) is 50.1 Å². The quantitative estimate of drug-likeness (QED) is 0.163. The fourth-order valence-corrected chi connectivity index (χ4v) is 29.1. The zero-order valence-corrected chi connectivity index (χ0v) is 88.4. The Morgan fingerprint density at radius 1 is 0.213 bits per heavy atom. The van der Waals surface area contributed by atoms with E-state index in [1.54, 1.807) is 30.3 Å². The maximum absolute atomic E-state index is 13.5. The summed E-state index contributed by atoms with van der Waals surface area (Å²) in [7, 11) is -5.02. The van der Waals surface area contributed by atoms with Gasteiger partial charge in [0.15, 0.2) is 0 Å². The van der Waals surface area contributed by atoms with Crippen molar-refractivity contribution in [2.75, 3.05) is 0 Å². The second-order valence-corrected chi connectivity index (χ2v) is 52.8. The van der Waals surface area contributed by atoms with Crippen LogP contribution in [-0.2, 0) is 36.9 Å². The van der Waals surface area contributed by atoms with Gasteiger partial charge in [0.1, 0.15) is 57.5 Å². The molecule has 0 N–H and O–H groups in total. The molecule has 0 aliphatic carbocycles. The molecule has 10 aliphatic rings. The Labute approximate surface area is 838 Å². The highest BCUT2D eigenvalue weighted by molar-refractivity contribution is 7.91. The number of fused-ring (bicyclic) bond motifs is 20. The first kappa shape index (κ1) is 93.0. The third kappa shape index (κ3) is 14.7. The number of hydrogen-bond acceptors (Lipinski definition) is 7. The van der Waals surface area contributed by atoms with E-state index < -0.39 is 17.9 Å². The lowest BCUT2D eigenvalue weighted by atomic mass is 9.30. The summed E-state index contributed by atoms with van der Waals surface area (Å²) in [5.74, 6) is 9.83. The van der Waals surface area contributed by atoms with Gasteiger partial charge in [-0.3, -0.25) is 0 Å². The molecule has 0 spiro atoms. The van der Waals surface area contributed by atoms with Gasteiger partial charge in [0, 0.05) is 27.1 Å². The monoisotopic (exact) mass is 1870 g/mol. The highest BCUT2D eigenvalue weighted by Crippen LogP contribution is 2.48. The second-order valence-electron chi connectivity index (χ2n) is 45.7. The normalized spacial score (nSPS) is 15.6. The van der Waals surface area contributed by atoms with Gasteiger partial charge in [-0.05, 0) is 313 Å². The van der Waals surface area contributed by atoms with E-state index in [0.29, 0.717) is 9.79 Å². The van der Waals surface area contributed by atoms with Crippen molar-refractivity contribution in [1.82, 2.24) is 0 Å². The van der Waals surface area contributed by atoms with E-state index in [4.69, 9.17) is 23.7 Å². The van der Waals surface area contributed by atoms with Crippen LogP contribution < -0.4 is 111 Å². The number of hydrogen-bond donors (Lipinski definition) is 0. The zero-order valence-electron chi connectivity index (χ0n) is 86.6. The first-order chi connectivity index (χ1) is 66.9. The lowest BCUT2D eigenvalue weighted by molar-refractivity contribution is 0.484. The minimum atomic E-state index is -3.62. The molecule has 16 aromatic carbocycles. The molecular weight excluding hydrogens is 1750 g/mol. The van der Waals surface area contributed by atoms with Gasteiger partial charge in [-0.2, -0.15) is 0 Å². The molecule has 0 fully saturated rings. The third-order valence-corrected chi connectivity index (χ3v) is 36.8. The van der Waals surface area contributed by atoms with Crippen molar-refractivity contribution in [2.24, 2.45) is 0 Å². The van der Waals surface area contributed by atoms with E-state index in [9.17, 15) is 8.42 Å². The molecule has 0 unspecified atom stereocenters. The molecule has 0 saturated heterocycles. The van der Waals surface area contributed by atoms with Crippen LogP contribution in [0.15, 0.2) is 283 Å². The van der Waals surface area contributed by atoms with Gasteiger partial charge in [0.25, 0.3) is 33.6 Å². The number of sulfone groups is 1. The zero-order chi connectivity index (χ0) is 99.2. The number of ether oxygens (including phenoxy) is 5. The maximum Gasteiger partial charge on any atom is 0.251 e. The van der Waals surface area contributed by atoms with Gasteiger partial charge in [0.05, 0.1) is 17.9 Å². The third-order valence-electron chi connectivity index (χ3n) is 33.0. The molecule has 0 aromatic heterocycles. The molecule has 16 aromatic rings. The van der Waals surface area contributed by atoms with Gasteiger partial charge >= 0.3 is 0 Å². The Bertz CT molecular complexity index is 8020. The Kier molecular flexibility index (Phi) is 21.8. The first-order valence-electron chi connectivity index (χ1n) is 50.5. The van der Waals surface area contributed by atoms with Crippen LogP contribution in [0.3, 0.4) is 0 Å². The first-order valence-corrected chi connectivity index (χ1v) is 55.4. The van der Waals surface area contributed by atoms with Crippen molar-refractivity contribution in [3.8, 4) is 57.5 Å². The topological polar surface area (TPSA) is 80.3 Å². The summed E-state index contributed by atoms with van der Waals surface area (Å²) in [6.07, 6.45) is 0. The van der Waals surface area contributed by atoms with Crippen molar-refractivity contribution in [3.63, 3.8) is 0 Å². The van der Waals surface area contributed by atoms with Crippen molar-refractivity contribution in [1.29, 1.82) is 0 Å².